The van der Waals surface area contributed by atoms with Crippen LogP contribution < -0.4 is 24.6 Å². The summed E-state index contributed by atoms with van der Waals surface area (Å²) in [4.78, 5) is 25.3. The van der Waals surface area contributed by atoms with Gasteiger partial charge in [0.05, 0.1) is 31.0 Å². The van der Waals surface area contributed by atoms with E-state index in [2.05, 4.69) is 5.43 Å². The molecule has 0 unspecified atom stereocenters. The van der Waals surface area contributed by atoms with E-state index in [1.165, 1.54) is 18.2 Å². The number of rotatable bonds is 9. The number of para-hydroxylation sites is 1. The molecular weight excluding hydrogens is 491 g/mol. The highest BCUT2D eigenvalue weighted by Crippen LogP contribution is 2.37. The molecule has 1 heterocycles. The van der Waals surface area contributed by atoms with Gasteiger partial charge >= 0.3 is 0 Å². The van der Waals surface area contributed by atoms with Crippen molar-refractivity contribution in [2.75, 3.05) is 25.3 Å². The minimum atomic E-state index is -0.505. The molecular formula is C26H22Cl2N2O5. The van der Waals surface area contributed by atoms with Crippen LogP contribution in [0.4, 0.5) is 5.69 Å². The molecule has 2 amide bonds. The van der Waals surface area contributed by atoms with Crippen LogP contribution in [0.2, 0.25) is 10.0 Å². The summed E-state index contributed by atoms with van der Waals surface area (Å²) >= 11 is 12.3. The van der Waals surface area contributed by atoms with Crippen molar-refractivity contribution < 1.29 is 23.8 Å². The SMILES string of the molecule is COc1cc(C=C2C(=O)NN(c3ccccc3)C2=O)cc(Cl)c1OCCCOc1ccc(Cl)cc1. The Kier molecular flexibility index (Phi) is 7.80. The maximum atomic E-state index is 12.8. The smallest absolute Gasteiger partial charge is 0.282 e. The van der Waals surface area contributed by atoms with Gasteiger partial charge in [-0.2, -0.15) is 0 Å². The molecule has 0 atom stereocenters. The summed E-state index contributed by atoms with van der Waals surface area (Å²) in [6.07, 6.45) is 2.08. The van der Waals surface area contributed by atoms with Gasteiger partial charge in [-0.05, 0) is 60.2 Å². The number of carbonyl (C=O) groups excluding carboxylic acids is 2. The van der Waals surface area contributed by atoms with Crippen molar-refractivity contribution in [1.82, 2.24) is 5.43 Å². The van der Waals surface area contributed by atoms with E-state index in [0.29, 0.717) is 52.4 Å². The van der Waals surface area contributed by atoms with Crippen LogP contribution in [0.5, 0.6) is 17.2 Å². The molecule has 7 nitrogen and oxygen atoms in total. The quantitative estimate of drug-likeness (QED) is 0.238. The second kappa shape index (κ2) is 11.2. The second-order valence-corrected chi connectivity index (χ2v) is 8.36. The molecule has 0 saturated carbocycles. The Labute approximate surface area is 212 Å². The van der Waals surface area contributed by atoms with Crippen LogP contribution in [0, 0.1) is 0 Å². The zero-order chi connectivity index (χ0) is 24.8. The summed E-state index contributed by atoms with van der Waals surface area (Å²) in [5.41, 5.74) is 3.64. The molecule has 35 heavy (non-hydrogen) atoms. The average molecular weight is 513 g/mol. The number of benzene rings is 3. The van der Waals surface area contributed by atoms with E-state index in [1.54, 1.807) is 60.7 Å². The zero-order valence-electron chi connectivity index (χ0n) is 18.8. The van der Waals surface area contributed by atoms with Gasteiger partial charge in [-0.1, -0.05) is 41.4 Å². The van der Waals surface area contributed by atoms with Gasteiger partial charge in [-0.25, -0.2) is 5.01 Å². The fraction of sp³-hybridized carbons (Fsp3) is 0.154. The van der Waals surface area contributed by atoms with Gasteiger partial charge < -0.3 is 14.2 Å². The third-order valence-electron chi connectivity index (χ3n) is 5.09. The molecule has 180 valence electrons. The minimum Gasteiger partial charge on any atom is -0.493 e. The van der Waals surface area contributed by atoms with E-state index >= 15 is 0 Å². The molecule has 4 rings (SSSR count). The molecule has 0 spiro atoms. The number of hydrogen-bond donors (Lipinski definition) is 1. The Hall–Kier alpha value is -3.68. The van der Waals surface area contributed by atoms with Gasteiger partial charge in [0.25, 0.3) is 11.8 Å². The molecule has 0 radical (unpaired) electrons. The van der Waals surface area contributed by atoms with Crippen molar-refractivity contribution in [3.8, 4) is 17.2 Å². The molecule has 1 N–H and O–H groups in total. The van der Waals surface area contributed by atoms with Crippen molar-refractivity contribution in [2.45, 2.75) is 6.42 Å². The van der Waals surface area contributed by atoms with Crippen LogP contribution in [0.3, 0.4) is 0 Å². The lowest BCUT2D eigenvalue weighted by molar-refractivity contribution is -0.117. The molecule has 1 aliphatic heterocycles. The van der Waals surface area contributed by atoms with Crippen molar-refractivity contribution in [1.29, 1.82) is 0 Å². The van der Waals surface area contributed by atoms with E-state index in [1.807, 2.05) is 6.07 Å². The normalized spacial score (nSPS) is 14.3. The lowest BCUT2D eigenvalue weighted by atomic mass is 10.1. The third-order valence-corrected chi connectivity index (χ3v) is 5.62. The summed E-state index contributed by atoms with van der Waals surface area (Å²) in [5, 5.41) is 2.14. The molecule has 3 aromatic carbocycles. The first-order chi connectivity index (χ1) is 17.0. The number of amides is 2. The first kappa shape index (κ1) is 24.4. The number of carbonyl (C=O) groups is 2. The molecule has 9 heteroatoms. The molecule has 3 aromatic rings. The van der Waals surface area contributed by atoms with E-state index < -0.39 is 11.8 Å². The van der Waals surface area contributed by atoms with Gasteiger partial charge in [0.2, 0.25) is 0 Å². The molecule has 1 saturated heterocycles. The number of nitrogens with one attached hydrogen (secondary N) is 1. The number of ether oxygens (including phenoxy) is 3. The van der Waals surface area contributed by atoms with Crippen LogP contribution in [0.1, 0.15) is 12.0 Å². The van der Waals surface area contributed by atoms with Gasteiger partial charge in [-0.15, -0.1) is 0 Å². The standard InChI is InChI=1S/C26H22Cl2N2O5/c1-33-23-16-17(14-21-25(31)29-30(26(21)32)19-6-3-2-4-7-19)15-22(28)24(23)35-13-5-12-34-20-10-8-18(27)9-11-20/h2-4,6-11,14-16H,5,12-13H2,1H3,(H,29,31). The van der Waals surface area contributed by atoms with Gasteiger partial charge in [0.1, 0.15) is 11.3 Å². The second-order valence-electron chi connectivity index (χ2n) is 7.51. The predicted molar refractivity (Wildman–Crippen MR) is 135 cm³/mol. The number of halogens is 2. The van der Waals surface area contributed by atoms with Crippen molar-refractivity contribution in [2.24, 2.45) is 0 Å². The topological polar surface area (TPSA) is 77.1 Å². The highest BCUT2D eigenvalue weighted by Gasteiger charge is 2.34. The van der Waals surface area contributed by atoms with E-state index in [-0.39, 0.29) is 5.57 Å². The van der Waals surface area contributed by atoms with Crippen molar-refractivity contribution >= 4 is 46.8 Å². The Morgan fingerprint density at radius 1 is 0.943 bits per heavy atom. The lowest BCUT2D eigenvalue weighted by Gasteiger charge is -2.14. The lowest BCUT2D eigenvalue weighted by Crippen LogP contribution is -2.35. The highest BCUT2D eigenvalue weighted by molar-refractivity contribution is 6.33. The first-order valence-corrected chi connectivity index (χ1v) is 11.5. The predicted octanol–water partition coefficient (Wildman–Crippen LogP) is 5.31. The highest BCUT2D eigenvalue weighted by atomic mass is 35.5. The largest absolute Gasteiger partial charge is 0.493 e. The molecule has 0 aliphatic carbocycles. The number of nitrogens with zero attached hydrogens (tertiary/aromatic N) is 1. The number of hydrogen-bond acceptors (Lipinski definition) is 5. The van der Waals surface area contributed by atoms with Crippen LogP contribution in [0.15, 0.2) is 72.3 Å². The van der Waals surface area contributed by atoms with Crippen LogP contribution in [-0.4, -0.2) is 32.1 Å². The van der Waals surface area contributed by atoms with Gasteiger partial charge in [-0.3, -0.25) is 15.0 Å². The molecule has 1 aliphatic rings. The Bertz CT molecular complexity index is 1250. The molecule has 1 fully saturated rings. The first-order valence-electron chi connectivity index (χ1n) is 10.8. The molecule has 0 aromatic heterocycles. The monoisotopic (exact) mass is 512 g/mol. The van der Waals surface area contributed by atoms with Crippen molar-refractivity contribution in [3.05, 3.63) is 87.9 Å². The minimum absolute atomic E-state index is 0.0139. The van der Waals surface area contributed by atoms with Crippen LogP contribution in [-0.2, 0) is 9.59 Å². The van der Waals surface area contributed by atoms with E-state index in [4.69, 9.17) is 37.4 Å². The average Bonchev–Trinajstić information content (AvgIpc) is 3.14. The fourth-order valence-corrected chi connectivity index (χ4v) is 3.80. The zero-order valence-corrected chi connectivity index (χ0v) is 20.3. The fourth-order valence-electron chi connectivity index (χ4n) is 3.40. The van der Waals surface area contributed by atoms with Gasteiger partial charge in [0, 0.05) is 11.4 Å². The summed E-state index contributed by atoms with van der Waals surface area (Å²) in [6, 6.07) is 19.2. The van der Waals surface area contributed by atoms with Crippen LogP contribution >= 0.6 is 23.2 Å². The Morgan fingerprint density at radius 2 is 1.66 bits per heavy atom. The van der Waals surface area contributed by atoms with Crippen LogP contribution in [0.25, 0.3) is 6.08 Å². The summed E-state index contributed by atoms with van der Waals surface area (Å²) in [6.45, 7) is 0.790. The van der Waals surface area contributed by atoms with Gasteiger partial charge in [0.15, 0.2) is 11.5 Å². The Balaban J connectivity index is 1.41. The number of anilines is 1. The summed E-state index contributed by atoms with van der Waals surface area (Å²) in [5.74, 6) is 0.510. The third kappa shape index (κ3) is 5.88. The number of methoxy groups -OCH3 is 1. The summed E-state index contributed by atoms with van der Waals surface area (Å²) in [7, 11) is 1.49. The maximum absolute atomic E-state index is 12.8. The summed E-state index contributed by atoms with van der Waals surface area (Å²) < 4.78 is 16.9. The van der Waals surface area contributed by atoms with E-state index in [9.17, 15) is 9.59 Å². The van der Waals surface area contributed by atoms with E-state index in [0.717, 1.165) is 5.75 Å². The van der Waals surface area contributed by atoms with Crippen molar-refractivity contribution in [3.63, 3.8) is 0 Å². The maximum Gasteiger partial charge on any atom is 0.282 e. The number of hydrazine groups is 1. The molecule has 0 bridgehead atoms. The Morgan fingerprint density at radius 3 is 2.37 bits per heavy atom.